The van der Waals surface area contributed by atoms with Gasteiger partial charge in [0.2, 0.25) is 5.54 Å². The molecular formula is C26H22F6N2O3. The number of benzene rings is 2. The van der Waals surface area contributed by atoms with E-state index in [1.54, 1.807) is 38.2 Å². The first-order valence-electron chi connectivity index (χ1n) is 11.2. The molecule has 2 aliphatic rings. The topological polar surface area (TPSA) is 66.5 Å². The standard InChI is InChI=1S/C26H22F6N2O3/c1-14-7-9-17(10-8-14)34-18-12-23(2,3)13-19(35)20(18)24(22(34)37,26(30,31)32)33-21(36)15-5-4-6-16(11-15)25(27,28)29/h4-11H,12-13H2,1-3H3,(H,33,36). The Labute approximate surface area is 208 Å². The number of amides is 2. The van der Waals surface area contributed by atoms with Crippen molar-refractivity contribution in [3.8, 4) is 0 Å². The van der Waals surface area contributed by atoms with Gasteiger partial charge in [0, 0.05) is 23.4 Å². The minimum atomic E-state index is -5.49. The van der Waals surface area contributed by atoms with E-state index < -0.39 is 57.6 Å². The van der Waals surface area contributed by atoms with Crippen LogP contribution >= 0.6 is 0 Å². The van der Waals surface area contributed by atoms with Gasteiger partial charge in [0.25, 0.3) is 11.8 Å². The largest absolute Gasteiger partial charge is 0.425 e. The monoisotopic (exact) mass is 524 g/mol. The van der Waals surface area contributed by atoms with Crippen molar-refractivity contribution in [3.05, 3.63) is 76.5 Å². The molecule has 1 N–H and O–H groups in total. The van der Waals surface area contributed by atoms with Crippen LogP contribution in [0.4, 0.5) is 32.0 Å². The van der Waals surface area contributed by atoms with Crippen molar-refractivity contribution in [1.29, 1.82) is 0 Å². The summed E-state index contributed by atoms with van der Waals surface area (Å²) >= 11 is 0. The Balaban J connectivity index is 1.91. The van der Waals surface area contributed by atoms with E-state index in [0.717, 1.165) is 22.6 Å². The number of carbonyl (C=O) groups excluding carboxylic acids is 3. The Morgan fingerprint density at radius 1 is 0.946 bits per heavy atom. The maximum Gasteiger partial charge on any atom is 0.425 e. The molecule has 4 rings (SSSR count). The van der Waals surface area contributed by atoms with E-state index in [1.807, 2.05) is 0 Å². The van der Waals surface area contributed by atoms with Crippen LogP contribution in [-0.4, -0.2) is 29.3 Å². The summed E-state index contributed by atoms with van der Waals surface area (Å²) in [4.78, 5) is 40.7. The van der Waals surface area contributed by atoms with Crippen LogP contribution in [-0.2, 0) is 15.8 Å². The van der Waals surface area contributed by atoms with Gasteiger partial charge in [0.1, 0.15) is 0 Å². The van der Waals surface area contributed by atoms with Crippen molar-refractivity contribution < 1.29 is 40.7 Å². The molecular weight excluding hydrogens is 502 g/mol. The van der Waals surface area contributed by atoms with Crippen molar-refractivity contribution in [2.45, 2.75) is 51.5 Å². The second kappa shape index (κ2) is 8.46. The number of nitrogens with one attached hydrogen (secondary N) is 1. The average molecular weight is 524 g/mol. The highest BCUT2D eigenvalue weighted by atomic mass is 19.4. The molecule has 0 aromatic heterocycles. The van der Waals surface area contributed by atoms with Gasteiger partial charge < -0.3 is 5.32 Å². The Kier molecular flexibility index (Phi) is 6.04. The Hall–Kier alpha value is -3.63. The van der Waals surface area contributed by atoms with Crippen LogP contribution < -0.4 is 10.2 Å². The zero-order chi connectivity index (χ0) is 27.6. The molecule has 2 aromatic rings. The Morgan fingerprint density at radius 3 is 2.14 bits per heavy atom. The van der Waals surface area contributed by atoms with Crippen molar-refractivity contribution in [2.24, 2.45) is 5.41 Å². The van der Waals surface area contributed by atoms with Crippen molar-refractivity contribution in [1.82, 2.24) is 5.32 Å². The lowest BCUT2D eigenvalue weighted by molar-refractivity contribution is -0.186. The van der Waals surface area contributed by atoms with E-state index >= 15 is 0 Å². The number of anilines is 1. The minimum absolute atomic E-state index is 0.0630. The van der Waals surface area contributed by atoms with E-state index in [4.69, 9.17) is 0 Å². The van der Waals surface area contributed by atoms with Crippen molar-refractivity contribution in [3.63, 3.8) is 0 Å². The molecule has 11 heteroatoms. The lowest BCUT2D eigenvalue weighted by Crippen LogP contribution is -2.66. The zero-order valence-corrected chi connectivity index (χ0v) is 20.0. The number of Topliss-reactive ketones (excluding diaryl/α,β-unsaturated/α-hetero) is 1. The number of ketones is 1. The number of nitrogens with zero attached hydrogens (tertiary/aromatic N) is 1. The predicted octanol–water partition coefficient (Wildman–Crippen LogP) is 5.73. The molecule has 1 aliphatic heterocycles. The highest BCUT2D eigenvalue weighted by molar-refractivity contribution is 6.21. The van der Waals surface area contributed by atoms with Crippen LogP contribution in [0, 0.1) is 12.3 Å². The molecule has 5 nitrogen and oxygen atoms in total. The number of hydrogen-bond donors (Lipinski definition) is 1. The molecule has 2 aromatic carbocycles. The van der Waals surface area contributed by atoms with E-state index in [9.17, 15) is 40.7 Å². The van der Waals surface area contributed by atoms with Gasteiger partial charge in [0.05, 0.1) is 11.1 Å². The molecule has 0 bridgehead atoms. The maximum absolute atomic E-state index is 14.9. The lowest BCUT2D eigenvalue weighted by atomic mass is 9.72. The fourth-order valence-corrected chi connectivity index (χ4v) is 4.80. The second-order valence-corrected chi connectivity index (χ2v) is 10.0. The average Bonchev–Trinajstić information content (AvgIpc) is 3.01. The number of hydrogen-bond acceptors (Lipinski definition) is 3. The first-order chi connectivity index (χ1) is 17.0. The minimum Gasteiger partial charge on any atom is -0.326 e. The van der Waals surface area contributed by atoms with Gasteiger partial charge in [-0.05, 0) is 49.1 Å². The van der Waals surface area contributed by atoms with Gasteiger partial charge in [-0.25, -0.2) is 0 Å². The van der Waals surface area contributed by atoms with E-state index in [2.05, 4.69) is 0 Å². The molecule has 2 amide bonds. The normalized spacial score (nSPS) is 21.8. The zero-order valence-electron chi connectivity index (χ0n) is 20.0. The smallest absolute Gasteiger partial charge is 0.326 e. The third kappa shape index (κ3) is 4.40. The summed E-state index contributed by atoms with van der Waals surface area (Å²) in [5, 5.41) is 1.64. The summed E-state index contributed by atoms with van der Waals surface area (Å²) in [5.41, 5.74) is -6.83. The molecule has 196 valence electrons. The number of rotatable bonds is 3. The highest BCUT2D eigenvalue weighted by Crippen LogP contribution is 2.53. The van der Waals surface area contributed by atoms with Crippen LogP contribution in [0.2, 0.25) is 0 Å². The fraction of sp³-hybridized carbons (Fsp3) is 0.346. The van der Waals surface area contributed by atoms with E-state index in [0.29, 0.717) is 12.1 Å². The molecule has 1 unspecified atom stereocenters. The summed E-state index contributed by atoms with van der Waals surface area (Å²) in [6.07, 6.45) is -10.7. The van der Waals surface area contributed by atoms with Crippen molar-refractivity contribution >= 4 is 23.3 Å². The highest BCUT2D eigenvalue weighted by Gasteiger charge is 2.72. The first kappa shape index (κ1) is 26.4. The first-order valence-corrected chi connectivity index (χ1v) is 11.2. The maximum atomic E-state index is 14.9. The Bertz CT molecular complexity index is 1330. The van der Waals surface area contributed by atoms with Gasteiger partial charge in [0.15, 0.2) is 5.78 Å². The summed E-state index contributed by atoms with van der Waals surface area (Å²) < 4.78 is 84.1. The Morgan fingerprint density at radius 2 is 1.57 bits per heavy atom. The van der Waals surface area contributed by atoms with Gasteiger partial charge in [-0.1, -0.05) is 37.6 Å². The third-order valence-electron chi connectivity index (χ3n) is 6.49. The summed E-state index contributed by atoms with van der Waals surface area (Å²) in [7, 11) is 0. The third-order valence-corrected chi connectivity index (χ3v) is 6.49. The molecule has 1 aliphatic carbocycles. The lowest BCUT2D eigenvalue weighted by Gasteiger charge is -2.35. The van der Waals surface area contributed by atoms with E-state index in [1.165, 1.54) is 12.1 Å². The quantitative estimate of drug-likeness (QED) is 0.522. The SMILES string of the molecule is Cc1ccc(N2C(=O)C(NC(=O)c3cccc(C(F)(F)F)c3)(C(F)(F)F)C3=C2CC(C)(C)CC3=O)cc1. The van der Waals surface area contributed by atoms with Gasteiger partial charge in [-0.2, -0.15) is 26.3 Å². The number of alkyl halides is 6. The predicted molar refractivity (Wildman–Crippen MR) is 121 cm³/mol. The van der Waals surface area contributed by atoms with Crippen molar-refractivity contribution in [2.75, 3.05) is 4.90 Å². The van der Waals surface area contributed by atoms with Crippen LogP contribution in [0.5, 0.6) is 0 Å². The summed E-state index contributed by atoms with van der Waals surface area (Å²) in [6, 6.07) is 8.80. The number of carbonyl (C=O) groups is 3. The van der Waals surface area contributed by atoms with Crippen LogP contribution in [0.25, 0.3) is 0 Å². The van der Waals surface area contributed by atoms with Crippen LogP contribution in [0.3, 0.4) is 0 Å². The van der Waals surface area contributed by atoms with Gasteiger partial charge >= 0.3 is 12.4 Å². The molecule has 0 fully saturated rings. The molecule has 0 saturated carbocycles. The molecule has 0 radical (unpaired) electrons. The van der Waals surface area contributed by atoms with Gasteiger partial charge in [-0.15, -0.1) is 0 Å². The fourth-order valence-electron chi connectivity index (χ4n) is 4.80. The van der Waals surface area contributed by atoms with Crippen LogP contribution in [0.15, 0.2) is 59.8 Å². The van der Waals surface area contributed by atoms with E-state index in [-0.39, 0.29) is 24.2 Å². The number of halogens is 6. The van der Waals surface area contributed by atoms with Gasteiger partial charge in [-0.3, -0.25) is 19.3 Å². The number of aryl methyl sites for hydroxylation is 1. The second-order valence-electron chi connectivity index (χ2n) is 10.0. The van der Waals surface area contributed by atoms with Crippen LogP contribution in [0.1, 0.15) is 48.2 Å². The molecule has 1 atom stereocenters. The molecule has 0 saturated heterocycles. The molecule has 37 heavy (non-hydrogen) atoms. The molecule has 1 heterocycles. The molecule has 0 spiro atoms. The summed E-state index contributed by atoms with van der Waals surface area (Å²) in [6.45, 7) is 5.07. The summed E-state index contributed by atoms with van der Waals surface area (Å²) in [5.74, 6) is -4.18. The number of allylic oxidation sites excluding steroid dienone is 1.